The number of halogens is 1. The van der Waals surface area contributed by atoms with Crippen molar-refractivity contribution in [1.82, 2.24) is 10.2 Å². The minimum Gasteiger partial charge on any atom is -0.481 e. The molecule has 1 rings (SSSR count). The van der Waals surface area contributed by atoms with Crippen LogP contribution in [0.15, 0.2) is 10.6 Å². The second kappa shape index (κ2) is 6.64. The zero-order chi connectivity index (χ0) is 12.8. The Morgan fingerprint density at radius 3 is 2.82 bits per heavy atom. The maximum Gasteiger partial charge on any atom is 0.317 e. The van der Waals surface area contributed by atoms with Gasteiger partial charge in [0.2, 0.25) is 0 Å². The van der Waals surface area contributed by atoms with Crippen molar-refractivity contribution in [1.29, 1.82) is 0 Å². The van der Waals surface area contributed by atoms with Gasteiger partial charge in [0.25, 0.3) is 0 Å². The number of aliphatic carboxylic acids is 1. The lowest BCUT2D eigenvalue weighted by Gasteiger charge is -2.25. The smallest absolute Gasteiger partial charge is 0.317 e. The van der Waals surface area contributed by atoms with Crippen LogP contribution in [0.4, 0.5) is 4.79 Å². The molecule has 0 radical (unpaired) electrons. The van der Waals surface area contributed by atoms with E-state index in [0.717, 1.165) is 10.9 Å². The minimum absolute atomic E-state index is 0.187. The van der Waals surface area contributed by atoms with E-state index in [1.165, 1.54) is 0 Å². The van der Waals surface area contributed by atoms with E-state index in [4.69, 9.17) is 5.11 Å². The Hall–Kier alpha value is -1.04. The average Bonchev–Trinajstić information content (AvgIpc) is 2.30. The van der Waals surface area contributed by atoms with Crippen LogP contribution in [-0.4, -0.2) is 41.6 Å². The van der Waals surface area contributed by atoms with Gasteiger partial charge in [0.15, 0.2) is 0 Å². The van der Waals surface area contributed by atoms with Crippen molar-refractivity contribution in [3.8, 4) is 0 Å². The number of amides is 2. The van der Waals surface area contributed by atoms with Crippen molar-refractivity contribution < 1.29 is 14.7 Å². The van der Waals surface area contributed by atoms with Gasteiger partial charge in [0.05, 0.1) is 5.92 Å². The number of carbonyl (C=O) groups excluding carboxylic acids is 1. The van der Waals surface area contributed by atoms with Crippen molar-refractivity contribution in [2.24, 2.45) is 5.92 Å². The summed E-state index contributed by atoms with van der Waals surface area (Å²) in [4.78, 5) is 24.2. The minimum atomic E-state index is -0.867. The molecule has 0 aromatic rings. The van der Waals surface area contributed by atoms with Gasteiger partial charge in [0, 0.05) is 19.6 Å². The number of nitrogens with one attached hydrogen (secondary N) is 1. The first-order chi connectivity index (χ1) is 8.04. The number of hydrogen-bond acceptors (Lipinski definition) is 2. The molecule has 0 spiro atoms. The molecule has 0 aliphatic carbocycles. The van der Waals surface area contributed by atoms with E-state index in [-0.39, 0.29) is 12.6 Å². The fourth-order valence-corrected chi connectivity index (χ4v) is 1.88. The topological polar surface area (TPSA) is 69.6 Å². The summed E-state index contributed by atoms with van der Waals surface area (Å²) in [7, 11) is 0. The maximum atomic E-state index is 11.7. The molecule has 0 aromatic heterocycles. The largest absolute Gasteiger partial charge is 0.481 e. The molecule has 2 N–H and O–H groups in total. The van der Waals surface area contributed by atoms with Gasteiger partial charge in [-0.05, 0) is 17.3 Å². The van der Waals surface area contributed by atoms with Gasteiger partial charge >= 0.3 is 12.0 Å². The fraction of sp³-hybridized carbons (Fsp3) is 0.636. The lowest BCUT2D eigenvalue weighted by molar-refractivity contribution is -0.141. The van der Waals surface area contributed by atoms with E-state index in [1.54, 1.807) is 11.8 Å². The standard InChI is InChI=1S/C11H17BrN2O3/c1-2-8(10(15)16)7-13-11(17)14-5-3-9(12)4-6-14/h3,8H,2,4-7H2,1H3,(H,13,17)(H,15,16). The highest BCUT2D eigenvalue weighted by molar-refractivity contribution is 9.11. The van der Waals surface area contributed by atoms with E-state index in [9.17, 15) is 9.59 Å². The first-order valence-corrected chi connectivity index (χ1v) is 6.44. The summed E-state index contributed by atoms with van der Waals surface area (Å²) in [5.41, 5.74) is 0. The molecule has 17 heavy (non-hydrogen) atoms. The molecule has 0 bridgehead atoms. The van der Waals surface area contributed by atoms with E-state index in [0.29, 0.717) is 19.5 Å². The molecular formula is C11H17BrN2O3. The van der Waals surface area contributed by atoms with Crippen LogP contribution in [0.1, 0.15) is 19.8 Å². The molecule has 1 aliphatic heterocycles. The molecule has 1 aliphatic rings. The molecular weight excluding hydrogens is 288 g/mol. The predicted molar refractivity (Wildman–Crippen MR) is 68.0 cm³/mol. The number of nitrogens with zero attached hydrogens (tertiary/aromatic N) is 1. The molecule has 0 saturated heterocycles. The number of carboxylic acid groups (broad SMARTS) is 1. The Kier molecular flexibility index (Phi) is 5.47. The van der Waals surface area contributed by atoms with Crippen molar-refractivity contribution in [2.45, 2.75) is 19.8 Å². The van der Waals surface area contributed by atoms with Crippen LogP contribution in [0, 0.1) is 5.92 Å². The third kappa shape index (κ3) is 4.38. The van der Waals surface area contributed by atoms with Gasteiger partial charge in [0.1, 0.15) is 0 Å². The fourth-order valence-electron chi connectivity index (χ4n) is 1.56. The lowest BCUT2D eigenvalue weighted by Crippen LogP contribution is -2.44. The van der Waals surface area contributed by atoms with Gasteiger partial charge in [-0.2, -0.15) is 0 Å². The third-order valence-corrected chi connectivity index (χ3v) is 3.50. The van der Waals surface area contributed by atoms with Crippen LogP contribution in [-0.2, 0) is 4.79 Å². The molecule has 1 atom stereocenters. The third-order valence-electron chi connectivity index (χ3n) is 2.78. The van der Waals surface area contributed by atoms with Crippen LogP contribution in [0.5, 0.6) is 0 Å². The second-order valence-corrected chi connectivity index (χ2v) is 5.00. The molecule has 0 saturated carbocycles. The zero-order valence-corrected chi connectivity index (χ0v) is 11.4. The molecule has 0 aromatic carbocycles. The van der Waals surface area contributed by atoms with Gasteiger partial charge in [-0.25, -0.2) is 4.79 Å². The predicted octanol–water partition coefficient (Wildman–Crippen LogP) is 1.79. The van der Waals surface area contributed by atoms with E-state index in [2.05, 4.69) is 21.2 Å². The van der Waals surface area contributed by atoms with Gasteiger partial charge in [-0.15, -0.1) is 0 Å². The maximum absolute atomic E-state index is 11.7. The van der Waals surface area contributed by atoms with Gasteiger partial charge in [-0.3, -0.25) is 4.79 Å². The van der Waals surface area contributed by atoms with E-state index < -0.39 is 11.9 Å². The molecule has 1 heterocycles. The Labute approximate surface area is 109 Å². The van der Waals surface area contributed by atoms with Crippen molar-refractivity contribution in [3.05, 3.63) is 10.6 Å². The summed E-state index contributed by atoms with van der Waals surface area (Å²) < 4.78 is 1.11. The van der Waals surface area contributed by atoms with Crippen LogP contribution in [0.25, 0.3) is 0 Å². The molecule has 5 nitrogen and oxygen atoms in total. The quantitative estimate of drug-likeness (QED) is 0.832. The zero-order valence-electron chi connectivity index (χ0n) is 9.78. The van der Waals surface area contributed by atoms with Crippen LogP contribution in [0.3, 0.4) is 0 Å². The SMILES string of the molecule is CCC(CNC(=O)N1CC=C(Br)CC1)C(=O)O. The van der Waals surface area contributed by atoms with Gasteiger partial charge < -0.3 is 15.3 Å². The van der Waals surface area contributed by atoms with Crippen LogP contribution >= 0.6 is 15.9 Å². The number of hydrogen-bond donors (Lipinski definition) is 2. The first kappa shape index (κ1) is 14.0. The van der Waals surface area contributed by atoms with Crippen molar-refractivity contribution in [2.75, 3.05) is 19.6 Å². The summed E-state index contributed by atoms with van der Waals surface area (Å²) in [5.74, 6) is -1.37. The molecule has 1 unspecified atom stereocenters. The normalized spacial score (nSPS) is 17.3. The summed E-state index contributed by atoms with van der Waals surface area (Å²) in [5, 5.41) is 11.5. The van der Waals surface area contributed by atoms with Crippen LogP contribution < -0.4 is 5.32 Å². The first-order valence-electron chi connectivity index (χ1n) is 5.64. The Balaban J connectivity index is 2.37. The molecule has 96 valence electrons. The van der Waals surface area contributed by atoms with Gasteiger partial charge in [-0.1, -0.05) is 28.9 Å². The summed E-state index contributed by atoms with van der Waals surface area (Å²) >= 11 is 3.38. The Morgan fingerprint density at radius 2 is 2.35 bits per heavy atom. The highest BCUT2D eigenvalue weighted by Gasteiger charge is 2.19. The lowest BCUT2D eigenvalue weighted by atomic mass is 10.1. The number of rotatable bonds is 4. The number of carboxylic acids is 1. The second-order valence-electron chi connectivity index (χ2n) is 3.98. The summed E-state index contributed by atoms with van der Waals surface area (Å²) in [6.45, 7) is 3.21. The highest BCUT2D eigenvalue weighted by atomic mass is 79.9. The Bertz CT molecular complexity index is 331. The average molecular weight is 305 g/mol. The van der Waals surface area contributed by atoms with Crippen LogP contribution in [0.2, 0.25) is 0 Å². The molecule has 0 fully saturated rings. The highest BCUT2D eigenvalue weighted by Crippen LogP contribution is 2.16. The summed E-state index contributed by atoms with van der Waals surface area (Å²) in [6, 6.07) is -0.194. The van der Waals surface area contributed by atoms with Crippen molar-refractivity contribution >= 4 is 27.9 Å². The monoisotopic (exact) mass is 304 g/mol. The molecule has 2 amide bonds. The molecule has 6 heteroatoms. The van der Waals surface area contributed by atoms with E-state index in [1.807, 2.05) is 6.08 Å². The Morgan fingerprint density at radius 1 is 1.65 bits per heavy atom. The number of urea groups is 1. The summed E-state index contributed by atoms with van der Waals surface area (Å²) in [6.07, 6.45) is 3.27. The number of carbonyl (C=O) groups is 2. The van der Waals surface area contributed by atoms with E-state index >= 15 is 0 Å². The van der Waals surface area contributed by atoms with Crippen molar-refractivity contribution in [3.63, 3.8) is 0 Å².